The summed E-state index contributed by atoms with van der Waals surface area (Å²) in [6, 6.07) is 10.8. The van der Waals surface area contributed by atoms with Gasteiger partial charge in [0.05, 0.1) is 5.69 Å². The van der Waals surface area contributed by atoms with Gasteiger partial charge in [-0.1, -0.05) is 60.8 Å². The molecule has 0 radical (unpaired) electrons. The van der Waals surface area contributed by atoms with Gasteiger partial charge in [0.1, 0.15) is 0 Å². The largest absolute Gasteiger partial charge is 0.294 e. The van der Waals surface area contributed by atoms with Crippen molar-refractivity contribution in [1.29, 1.82) is 0 Å². The van der Waals surface area contributed by atoms with Crippen LogP contribution in [0.1, 0.15) is 50.2 Å². The van der Waals surface area contributed by atoms with Crippen LogP contribution in [0.15, 0.2) is 47.7 Å². The van der Waals surface area contributed by atoms with Crippen LogP contribution in [-0.4, -0.2) is 11.7 Å². The van der Waals surface area contributed by atoms with Gasteiger partial charge in [0.15, 0.2) is 5.78 Å². The summed E-state index contributed by atoms with van der Waals surface area (Å²) in [7, 11) is 0. The maximum atomic E-state index is 13.4. The summed E-state index contributed by atoms with van der Waals surface area (Å²) in [5, 5.41) is 1.58. The Morgan fingerprint density at radius 1 is 0.967 bits per heavy atom. The number of anilines is 1. The fourth-order valence-corrected chi connectivity index (χ4v) is 5.20. The van der Waals surface area contributed by atoms with E-state index < -0.39 is 0 Å². The van der Waals surface area contributed by atoms with Crippen LogP contribution < -0.4 is 4.90 Å². The monoisotopic (exact) mass is 461 g/mol. The zero-order valence-corrected chi connectivity index (χ0v) is 19.3. The molecule has 1 unspecified atom stereocenters. The number of hydrogen-bond donors (Lipinski definition) is 0. The van der Waals surface area contributed by atoms with Crippen molar-refractivity contribution in [1.82, 2.24) is 0 Å². The lowest BCUT2D eigenvalue weighted by atomic mass is 9.69. The highest BCUT2D eigenvalue weighted by atomic mass is 35.5. The van der Waals surface area contributed by atoms with Crippen molar-refractivity contribution in [2.75, 3.05) is 4.90 Å². The molecule has 6 heteroatoms. The Morgan fingerprint density at radius 2 is 1.70 bits per heavy atom. The summed E-state index contributed by atoms with van der Waals surface area (Å²) in [5.41, 5.74) is 3.57. The number of ketones is 1. The Hall–Kier alpha value is -1.81. The third kappa shape index (κ3) is 3.79. The van der Waals surface area contributed by atoms with Crippen LogP contribution in [0.4, 0.5) is 5.69 Å². The van der Waals surface area contributed by atoms with E-state index in [0.717, 1.165) is 16.8 Å². The van der Waals surface area contributed by atoms with Gasteiger partial charge in [-0.3, -0.25) is 14.5 Å². The highest BCUT2D eigenvalue weighted by molar-refractivity contribution is 6.35. The van der Waals surface area contributed by atoms with Crippen LogP contribution >= 0.6 is 34.8 Å². The smallest absolute Gasteiger partial charge is 0.232 e. The fourth-order valence-electron chi connectivity index (χ4n) is 4.49. The average molecular weight is 463 g/mol. The Labute approximate surface area is 191 Å². The number of allylic oxidation sites excluding steroid dienone is 2. The predicted octanol–water partition coefficient (Wildman–Crippen LogP) is 7.12. The minimum absolute atomic E-state index is 0.0629. The first kappa shape index (κ1) is 21.4. The Morgan fingerprint density at radius 3 is 2.37 bits per heavy atom. The van der Waals surface area contributed by atoms with Crippen LogP contribution in [0.3, 0.4) is 0 Å². The van der Waals surface area contributed by atoms with Gasteiger partial charge in [-0.05, 0) is 54.2 Å². The summed E-state index contributed by atoms with van der Waals surface area (Å²) in [6.45, 7) is 6.03. The van der Waals surface area contributed by atoms with E-state index in [2.05, 4.69) is 13.8 Å². The van der Waals surface area contributed by atoms with Crippen LogP contribution in [0.2, 0.25) is 15.1 Å². The van der Waals surface area contributed by atoms with E-state index in [4.69, 9.17) is 34.8 Å². The molecule has 2 aromatic rings. The van der Waals surface area contributed by atoms with Crippen molar-refractivity contribution in [3.8, 4) is 0 Å². The quantitative estimate of drug-likeness (QED) is 0.476. The number of benzene rings is 2. The molecule has 1 aliphatic heterocycles. The van der Waals surface area contributed by atoms with Gasteiger partial charge in [0, 0.05) is 45.1 Å². The summed E-state index contributed by atoms with van der Waals surface area (Å²) < 4.78 is 0. The summed E-state index contributed by atoms with van der Waals surface area (Å²) in [5.74, 6) is -0.388. The lowest BCUT2D eigenvalue weighted by Crippen LogP contribution is -2.43. The molecule has 4 rings (SSSR count). The van der Waals surface area contributed by atoms with Crippen LogP contribution in [-0.2, 0) is 9.59 Å². The predicted molar refractivity (Wildman–Crippen MR) is 123 cm³/mol. The topological polar surface area (TPSA) is 37.4 Å². The van der Waals surface area contributed by atoms with Gasteiger partial charge < -0.3 is 0 Å². The number of hydrogen-bond acceptors (Lipinski definition) is 2. The number of rotatable bonds is 2. The maximum Gasteiger partial charge on any atom is 0.232 e. The SMILES string of the molecule is Cc1ccc(N2C(=O)CC(c3ccc(Cl)cc3Cl)C3=C2CC(C)(C)CC3=O)cc1Cl. The molecule has 1 amide bonds. The molecule has 0 saturated heterocycles. The summed E-state index contributed by atoms with van der Waals surface area (Å²) in [4.78, 5) is 28.4. The first-order valence-corrected chi connectivity index (χ1v) is 11.0. The molecule has 2 aromatic carbocycles. The van der Waals surface area contributed by atoms with Crippen LogP contribution in [0.5, 0.6) is 0 Å². The second-order valence-electron chi connectivity index (χ2n) is 8.89. The molecule has 30 heavy (non-hydrogen) atoms. The first-order valence-electron chi connectivity index (χ1n) is 9.88. The number of aryl methyl sites for hydroxylation is 1. The number of carbonyl (C=O) groups excluding carboxylic acids is 2. The number of Topliss-reactive ketones (excluding diaryl/α,β-unsaturated/α-hetero) is 1. The van der Waals surface area contributed by atoms with Gasteiger partial charge >= 0.3 is 0 Å². The second kappa shape index (κ2) is 7.71. The molecule has 1 aliphatic carbocycles. The molecule has 0 spiro atoms. The molecular weight excluding hydrogens is 441 g/mol. The number of amides is 1. The lowest BCUT2D eigenvalue weighted by Gasteiger charge is -2.43. The second-order valence-corrected chi connectivity index (χ2v) is 10.1. The van der Waals surface area contributed by atoms with E-state index in [-0.39, 0.29) is 29.4 Å². The molecule has 3 nitrogen and oxygen atoms in total. The number of halogens is 3. The maximum absolute atomic E-state index is 13.4. The van der Waals surface area contributed by atoms with E-state index in [1.54, 1.807) is 23.1 Å². The molecule has 156 valence electrons. The minimum atomic E-state index is -0.377. The lowest BCUT2D eigenvalue weighted by molar-refractivity contribution is -0.121. The van der Waals surface area contributed by atoms with Crippen molar-refractivity contribution in [2.24, 2.45) is 5.41 Å². The van der Waals surface area contributed by atoms with Crippen LogP contribution in [0.25, 0.3) is 0 Å². The number of carbonyl (C=O) groups is 2. The van der Waals surface area contributed by atoms with Crippen molar-refractivity contribution in [3.05, 3.63) is 73.9 Å². The van der Waals surface area contributed by atoms with Gasteiger partial charge in [-0.2, -0.15) is 0 Å². The van der Waals surface area contributed by atoms with Gasteiger partial charge in [-0.25, -0.2) is 0 Å². The average Bonchev–Trinajstić information content (AvgIpc) is 2.62. The van der Waals surface area contributed by atoms with Gasteiger partial charge in [-0.15, -0.1) is 0 Å². The highest BCUT2D eigenvalue weighted by Gasteiger charge is 2.44. The third-order valence-electron chi connectivity index (χ3n) is 5.89. The summed E-state index contributed by atoms with van der Waals surface area (Å²) in [6.07, 6.45) is 1.22. The number of nitrogens with zero attached hydrogens (tertiary/aromatic N) is 1. The van der Waals surface area contributed by atoms with Crippen molar-refractivity contribution >= 4 is 52.2 Å². The van der Waals surface area contributed by atoms with E-state index in [1.165, 1.54) is 0 Å². The van der Waals surface area contributed by atoms with Gasteiger partial charge in [0.25, 0.3) is 0 Å². The standard InChI is InChI=1S/C24H22Cl3NO2/c1-13-4-6-15(9-18(13)26)28-20-11-24(2,3)12-21(29)23(20)17(10-22(28)30)16-7-5-14(25)8-19(16)27/h4-9,17H,10-12H2,1-3H3. The van der Waals surface area contributed by atoms with Crippen molar-refractivity contribution in [2.45, 2.75) is 46.0 Å². The fraction of sp³-hybridized carbons (Fsp3) is 0.333. The molecular formula is C24H22Cl3NO2. The van der Waals surface area contributed by atoms with E-state index in [1.807, 2.05) is 25.1 Å². The van der Waals surface area contributed by atoms with E-state index in [9.17, 15) is 9.59 Å². The molecule has 2 aliphatic rings. The molecule has 0 N–H and O–H groups in total. The Balaban J connectivity index is 1.92. The molecule has 1 heterocycles. The Kier molecular flexibility index (Phi) is 5.50. The van der Waals surface area contributed by atoms with E-state index in [0.29, 0.717) is 39.2 Å². The zero-order chi connectivity index (χ0) is 21.8. The van der Waals surface area contributed by atoms with Crippen molar-refractivity contribution in [3.63, 3.8) is 0 Å². The van der Waals surface area contributed by atoms with Gasteiger partial charge in [0.2, 0.25) is 5.91 Å². The minimum Gasteiger partial charge on any atom is -0.294 e. The Bertz CT molecular complexity index is 1100. The first-order chi connectivity index (χ1) is 14.1. The van der Waals surface area contributed by atoms with Crippen molar-refractivity contribution < 1.29 is 9.59 Å². The van der Waals surface area contributed by atoms with E-state index >= 15 is 0 Å². The molecule has 0 fully saturated rings. The summed E-state index contributed by atoms with van der Waals surface area (Å²) >= 11 is 18.9. The van der Waals surface area contributed by atoms with Crippen LogP contribution in [0, 0.1) is 12.3 Å². The molecule has 0 bridgehead atoms. The highest BCUT2D eigenvalue weighted by Crippen LogP contribution is 2.49. The molecule has 1 atom stereocenters. The zero-order valence-electron chi connectivity index (χ0n) is 17.1. The normalized spacial score (nSPS) is 21.1. The third-order valence-corrected chi connectivity index (χ3v) is 6.86. The molecule has 0 aromatic heterocycles. The molecule has 0 saturated carbocycles.